The van der Waals surface area contributed by atoms with Gasteiger partial charge >= 0.3 is 0 Å². The zero-order chi connectivity index (χ0) is 34.6. The summed E-state index contributed by atoms with van der Waals surface area (Å²) in [6.45, 7) is 0. The lowest BCUT2D eigenvalue weighted by Crippen LogP contribution is -2.10. The van der Waals surface area contributed by atoms with Gasteiger partial charge < -0.3 is 14.0 Å². The molecule has 0 unspecified atom stereocenters. The molecule has 4 heteroatoms. The van der Waals surface area contributed by atoms with Crippen molar-refractivity contribution in [1.29, 1.82) is 0 Å². The Bertz CT molecular complexity index is 2900. The Balaban J connectivity index is 1.23. The molecule has 0 amide bonds. The summed E-state index contributed by atoms with van der Waals surface area (Å²) in [5, 5.41) is 4.65. The van der Waals surface area contributed by atoms with Crippen molar-refractivity contribution >= 4 is 60.7 Å². The Morgan fingerprint density at radius 3 is 1.38 bits per heavy atom. The number of fused-ring (bicyclic) bond motifs is 6. The fourth-order valence-corrected chi connectivity index (χ4v) is 7.83. The van der Waals surface area contributed by atoms with Crippen LogP contribution in [-0.4, -0.2) is 9.13 Å². The third kappa shape index (κ3) is 4.88. The molecule has 0 radical (unpaired) electrons. The van der Waals surface area contributed by atoms with Crippen molar-refractivity contribution in [2.45, 2.75) is 0 Å². The summed E-state index contributed by atoms with van der Waals surface area (Å²) in [6.07, 6.45) is 0. The lowest BCUT2D eigenvalue weighted by Gasteiger charge is -2.26. The van der Waals surface area contributed by atoms with Gasteiger partial charge in [-0.2, -0.15) is 0 Å². The number of halogens is 1. The number of nitrogens with zero attached hydrogens (tertiary/aromatic N) is 3. The molecule has 0 N–H and O–H groups in total. The predicted molar refractivity (Wildman–Crippen MR) is 215 cm³/mol. The summed E-state index contributed by atoms with van der Waals surface area (Å²) in [5.41, 5.74) is 11.7. The van der Waals surface area contributed by atoms with Crippen molar-refractivity contribution in [1.82, 2.24) is 9.13 Å². The van der Waals surface area contributed by atoms with Gasteiger partial charge in [-0.1, -0.05) is 115 Å². The summed E-state index contributed by atoms with van der Waals surface area (Å²) in [4.78, 5) is 2.33. The first kappa shape index (κ1) is 30.0. The lowest BCUT2D eigenvalue weighted by atomic mass is 10.0. The quantitative estimate of drug-likeness (QED) is 0.172. The SMILES string of the molecule is Fc1cccc(-n2c3ccccc3c3ccc(N(c4ccc(-c5ccccc5)cc4)c4ccc5c6ccccc6n(-c6ccccc6)c5c4)cc32)c1. The van der Waals surface area contributed by atoms with Crippen molar-refractivity contribution < 1.29 is 4.39 Å². The number of hydrogen-bond donors (Lipinski definition) is 0. The summed E-state index contributed by atoms with van der Waals surface area (Å²) in [5.74, 6) is -0.262. The molecule has 0 aliphatic rings. The molecule has 0 spiro atoms. The van der Waals surface area contributed by atoms with E-state index in [-0.39, 0.29) is 5.82 Å². The smallest absolute Gasteiger partial charge is 0.125 e. The minimum Gasteiger partial charge on any atom is -0.310 e. The van der Waals surface area contributed by atoms with Crippen molar-refractivity contribution in [3.63, 3.8) is 0 Å². The molecule has 0 bridgehead atoms. The van der Waals surface area contributed by atoms with Crippen LogP contribution in [0.5, 0.6) is 0 Å². The highest BCUT2D eigenvalue weighted by molar-refractivity contribution is 6.12. The lowest BCUT2D eigenvalue weighted by molar-refractivity contribution is 0.627. The Morgan fingerprint density at radius 1 is 0.327 bits per heavy atom. The van der Waals surface area contributed by atoms with E-state index in [0.717, 1.165) is 61.3 Å². The van der Waals surface area contributed by atoms with Crippen molar-refractivity contribution in [3.05, 3.63) is 200 Å². The fourth-order valence-electron chi connectivity index (χ4n) is 7.83. The molecule has 0 aliphatic heterocycles. The molecule has 10 aromatic rings. The van der Waals surface area contributed by atoms with E-state index in [0.29, 0.717) is 0 Å². The third-order valence-electron chi connectivity index (χ3n) is 10.1. The molecule has 0 atom stereocenters. The van der Waals surface area contributed by atoms with Gasteiger partial charge in [0.2, 0.25) is 0 Å². The van der Waals surface area contributed by atoms with Crippen molar-refractivity contribution in [2.24, 2.45) is 0 Å². The van der Waals surface area contributed by atoms with Crippen LogP contribution in [0.25, 0.3) is 66.1 Å². The zero-order valence-corrected chi connectivity index (χ0v) is 28.2. The molecule has 3 nitrogen and oxygen atoms in total. The molecule has 0 fully saturated rings. The molecular formula is C48H32FN3. The van der Waals surface area contributed by atoms with Gasteiger partial charge in [0.25, 0.3) is 0 Å². The van der Waals surface area contributed by atoms with Crippen molar-refractivity contribution in [2.75, 3.05) is 4.90 Å². The van der Waals surface area contributed by atoms with E-state index >= 15 is 0 Å². The Labute approximate surface area is 300 Å². The van der Waals surface area contributed by atoms with Crippen LogP contribution in [0, 0.1) is 5.82 Å². The summed E-state index contributed by atoms with van der Waals surface area (Å²) >= 11 is 0. The zero-order valence-electron chi connectivity index (χ0n) is 28.2. The minimum atomic E-state index is -0.262. The van der Waals surface area contributed by atoms with Crippen molar-refractivity contribution in [3.8, 4) is 22.5 Å². The average molecular weight is 670 g/mol. The van der Waals surface area contributed by atoms with Crippen LogP contribution >= 0.6 is 0 Å². The average Bonchev–Trinajstić information content (AvgIpc) is 3.71. The summed E-state index contributed by atoms with van der Waals surface area (Å²) in [7, 11) is 0. The molecule has 0 aliphatic carbocycles. The largest absolute Gasteiger partial charge is 0.310 e. The van der Waals surface area contributed by atoms with Gasteiger partial charge in [0, 0.05) is 50.0 Å². The van der Waals surface area contributed by atoms with Gasteiger partial charge in [0.05, 0.1) is 22.1 Å². The first-order valence-electron chi connectivity index (χ1n) is 17.5. The molecule has 2 heterocycles. The normalized spacial score (nSPS) is 11.6. The first-order chi connectivity index (χ1) is 25.7. The monoisotopic (exact) mass is 669 g/mol. The molecule has 8 aromatic carbocycles. The second-order valence-electron chi connectivity index (χ2n) is 13.2. The predicted octanol–water partition coefficient (Wildman–Crippen LogP) is 13.2. The number of hydrogen-bond acceptors (Lipinski definition) is 1. The van der Waals surface area contributed by atoms with E-state index in [1.54, 1.807) is 12.1 Å². The van der Waals surface area contributed by atoms with Crippen LogP contribution in [-0.2, 0) is 0 Å². The second kappa shape index (κ2) is 12.1. The van der Waals surface area contributed by atoms with Crippen LogP contribution in [0.1, 0.15) is 0 Å². The number of aromatic nitrogens is 2. The number of anilines is 3. The van der Waals surface area contributed by atoms with E-state index in [2.05, 4.69) is 172 Å². The maximum Gasteiger partial charge on any atom is 0.125 e. The second-order valence-corrected chi connectivity index (χ2v) is 13.2. The van der Waals surface area contributed by atoms with Gasteiger partial charge in [-0.05, 0) is 90.0 Å². The molecular weight excluding hydrogens is 638 g/mol. The van der Waals surface area contributed by atoms with E-state index in [9.17, 15) is 4.39 Å². The van der Waals surface area contributed by atoms with Gasteiger partial charge in [0.15, 0.2) is 0 Å². The van der Waals surface area contributed by atoms with Crippen LogP contribution in [0.2, 0.25) is 0 Å². The highest BCUT2D eigenvalue weighted by Gasteiger charge is 2.20. The molecule has 10 rings (SSSR count). The number of rotatable bonds is 6. The molecule has 0 saturated carbocycles. The molecule has 2 aromatic heterocycles. The van der Waals surface area contributed by atoms with Crippen LogP contribution in [0.15, 0.2) is 194 Å². The Hall–Kier alpha value is -6.91. The molecule has 0 saturated heterocycles. The summed E-state index contributed by atoms with van der Waals surface area (Å²) in [6, 6.07) is 67.1. The highest BCUT2D eigenvalue weighted by atomic mass is 19.1. The van der Waals surface area contributed by atoms with Crippen LogP contribution in [0.4, 0.5) is 21.5 Å². The standard InChI is InChI=1S/C48H32FN3/c49-35-14-11-17-38(30-35)52-46-21-10-8-19-42(46)44-29-27-40(32-48(44)52)50(37-24-22-34(23-25-37)33-12-3-1-4-13-33)39-26-28-43-41-18-7-9-20-45(41)51(47(43)31-39)36-15-5-2-6-16-36/h1-32H. The summed E-state index contributed by atoms with van der Waals surface area (Å²) < 4.78 is 19.2. The van der Waals surface area contributed by atoms with E-state index in [1.807, 2.05) is 18.2 Å². The van der Waals surface area contributed by atoms with Gasteiger partial charge in [-0.15, -0.1) is 0 Å². The maximum absolute atomic E-state index is 14.7. The van der Waals surface area contributed by atoms with Crippen LogP contribution in [0.3, 0.4) is 0 Å². The van der Waals surface area contributed by atoms with E-state index in [1.165, 1.54) is 27.9 Å². The highest BCUT2D eigenvalue weighted by Crippen LogP contribution is 2.42. The maximum atomic E-state index is 14.7. The Morgan fingerprint density at radius 2 is 0.788 bits per heavy atom. The topological polar surface area (TPSA) is 13.1 Å². The minimum absolute atomic E-state index is 0.262. The van der Waals surface area contributed by atoms with Gasteiger partial charge in [-0.3, -0.25) is 0 Å². The molecule has 52 heavy (non-hydrogen) atoms. The van der Waals surface area contributed by atoms with E-state index < -0.39 is 0 Å². The van der Waals surface area contributed by atoms with Gasteiger partial charge in [-0.25, -0.2) is 4.39 Å². The number of benzene rings is 8. The molecule has 246 valence electrons. The van der Waals surface area contributed by atoms with Gasteiger partial charge in [0.1, 0.15) is 5.82 Å². The third-order valence-corrected chi connectivity index (χ3v) is 10.1. The van der Waals surface area contributed by atoms with E-state index in [4.69, 9.17) is 0 Å². The number of para-hydroxylation sites is 3. The first-order valence-corrected chi connectivity index (χ1v) is 17.5. The Kier molecular flexibility index (Phi) is 7.00. The fraction of sp³-hybridized carbons (Fsp3) is 0. The van der Waals surface area contributed by atoms with Crippen LogP contribution < -0.4 is 4.90 Å².